The highest BCUT2D eigenvalue weighted by Crippen LogP contribution is 2.40. The second-order valence-electron chi connectivity index (χ2n) is 12.6. The predicted molar refractivity (Wildman–Crippen MR) is 166 cm³/mol. The molecular formula is C34H38FN7O2. The number of anilines is 1. The van der Waals surface area contributed by atoms with E-state index in [-0.39, 0.29) is 35.4 Å². The molecule has 3 aliphatic heterocycles. The van der Waals surface area contributed by atoms with E-state index in [9.17, 15) is 10.1 Å². The summed E-state index contributed by atoms with van der Waals surface area (Å²) in [5, 5.41) is 10.1. The zero-order chi connectivity index (χ0) is 30.3. The molecule has 0 bridgehead atoms. The molecule has 10 heteroatoms. The van der Waals surface area contributed by atoms with Gasteiger partial charge in [-0.3, -0.25) is 14.7 Å². The zero-order valence-corrected chi connectivity index (χ0v) is 25.1. The molecule has 3 aromatic rings. The van der Waals surface area contributed by atoms with Crippen LogP contribution in [-0.4, -0.2) is 81.6 Å². The number of fused-ring (bicyclic) bond motifs is 3. The minimum atomic E-state index is -0.410. The SMILES string of the molecule is C=CC(=O)N1CCN(c2nc(OCC34CCCN3CCC4)nc3c(F)c(-c4cncc5c4CCCC5)ccc23)C[C@@H]1CC#N. The van der Waals surface area contributed by atoms with Crippen LogP contribution in [0.1, 0.15) is 56.1 Å². The summed E-state index contributed by atoms with van der Waals surface area (Å²) in [7, 11) is 0. The van der Waals surface area contributed by atoms with Gasteiger partial charge in [0.2, 0.25) is 5.91 Å². The fourth-order valence-corrected chi connectivity index (χ4v) is 7.92. The summed E-state index contributed by atoms with van der Waals surface area (Å²) in [6.07, 6.45) is 13.6. The number of hydrogen-bond acceptors (Lipinski definition) is 8. The molecule has 1 aliphatic carbocycles. The predicted octanol–water partition coefficient (Wildman–Crippen LogP) is 4.83. The fourth-order valence-electron chi connectivity index (χ4n) is 7.92. The number of aromatic nitrogens is 3. The number of nitrogens with zero attached hydrogens (tertiary/aromatic N) is 7. The average molecular weight is 596 g/mol. The highest BCUT2D eigenvalue weighted by molar-refractivity contribution is 5.94. The summed E-state index contributed by atoms with van der Waals surface area (Å²) in [6.45, 7) is 7.52. The zero-order valence-electron chi connectivity index (χ0n) is 25.1. The molecule has 0 spiro atoms. The first-order chi connectivity index (χ1) is 21.5. The van der Waals surface area contributed by atoms with Gasteiger partial charge in [-0.25, -0.2) is 4.39 Å². The Morgan fingerprint density at radius 1 is 1.09 bits per heavy atom. The van der Waals surface area contributed by atoms with Gasteiger partial charge in [0.05, 0.1) is 24.1 Å². The summed E-state index contributed by atoms with van der Waals surface area (Å²) in [6, 6.07) is 5.74. The Morgan fingerprint density at radius 2 is 1.91 bits per heavy atom. The normalized spacial score (nSPS) is 21.1. The van der Waals surface area contributed by atoms with Crippen molar-refractivity contribution >= 4 is 22.6 Å². The summed E-state index contributed by atoms with van der Waals surface area (Å²) < 4.78 is 23.1. The highest BCUT2D eigenvalue weighted by atomic mass is 19.1. The quantitative estimate of drug-likeness (QED) is 0.358. The number of piperazine rings is 1. The van der Waals surface area contributed by atoms with E-state index in [4.69, 9.17) is 14.7 Å². The molecule has 228 valence electrons. The summed E-state index contributed by atoms with van der Waals surface area (Å²) in [4.78, 5) is 32.8. The van der Waals surface area contributed by atoms with Crippen molar-refractivity contribution in [2.24, 2.45) is 0 Å². The molecule has 1 aromatic carbocycles. The summed E-state index contributed by atoms with van der Waals surface area (Å²) in [5.41, 5.74) is 3.86. The number of halogens is 1. The number of carbonyl (C=O) groups is 1. The Bertz CT molecular complexity index is 1640. The van der Waals surface area contributed by atoms with Gasteiger partial charge in [-0.15, -0.1) is 0 Å². The molecule has 0 N–H and O–H groups in total. The monoisotopic (exact) mass is 595 g/mol. The van der Waals surface area contributed by atoms with Crippen molar-refractivity contribution in [3.05, 3.63) is 54.1 Å². The number of pyridine rings is 1. The van der Waals surface area contributed by atoms with E-state index in [2.05, 4.69) is 22.5 Å². The van der Waals surface area contributed by atoms with Gasteiger partial charge in [-0.2, -0.15) is 15.2 Å². The van der Waals surface area contributed by atoms with Gasteiger partial charge in [0.15, 0.2) is 5.82 Å². The first-order valence-corrected chi connectivity index (χ1v) is 15.9. The number of benzene rings is 1. The third kappa shape index (κ3) is 4.97. The van der Waals surface area contributed by atoms with E-state index in [0.29, 0.717) is 43.0 Å². The molecule has 0 saturated carbocycles. The maximum Gasteiger partial charge on any atom is 0.319 e. The Labute approximate surface area is 257 Å². The van der Waals surface area contributed by atoms with E-state index in [1.807, 2.05) is 23.2 Å². The van der Waals surface area contributed by atoms with Crippen molar-refractivity contribution in [3.8, 4) is 23.2 Å². The van der Waals surface area contributed by atoms with Crippen molar-refractivity contribution in [1.29, 1.82) is 5.26 Å². The maximum atomic E-state index is 16.7. The van der Waals surface area contributed by atoms with Crippen LogP contribution < -0.4 is 9.64 Å². The first-order valence-electron chi connectivity index (χ1n) is 15.9. The van der Waals surface area contributed by atoms with Crippen LogP contribution in [0.3, 0.4) is 0 Å². The summed E-state index contributed by atoms with van der Waals surface area (Å²) in [5.74, 6) is -0.0502. The minimum absolute atomic E-state index is 0.0117. The number of carbonyl (C=O) groups excluding carboxylic acids is 1. The molecule has 5 heterocycles. The van der Waals surface area contributed by atoms with Gasteiger partial charge >= 0.3 is 6.01 Å². The Kier molecular flexibility index (Phi) is 7.67. The van der Waals surface area contributed by atoms with E-state index < -0.39 is 5.82 Å². The number of aryl methyl sites for hydroxylation is 1. The van der Waals surface area contributed by atoms with Crippen LogP contribution in [0, 0.1) is 17.1 Å². The van der Waals surface area contributed by atoms with Crippen LogP contribution in [0.2, 0.25) is 0 Å². The fraction of sp³-hybridized carbons (Fsp3) is 0.500. The largest absolute Gasteiger partial charge is 0.461 e. The topological polar surface area (TPSA) is 98.5 Å². The average Bonchev–Trinajstić information content (AvgIpc) is 3.64. The van der Waals surface area contributed by atoms with Crippen molar-refractivity contribution in [1.82, 2.24) is 24.8 Å². The van der Waals surface area contributed by atoms with Crippen molar-refractivity contribution in [3.63, 3.8) is 0 Å². The number of ether oxygens (including phenoxy) is 1. The molecule has 2 aromatic heterocycles. The number of rotatable bonds is 7. The van der Waals surface area contributed by atoms with Crippen LogP contribution >= 0.6 is 0 Å². The molecule has 3 fully saturated rings. The molecular weight excluding hydrogens is 557 g/mol. The van der Waals surface area contributed by atoms with Crippen LogP contribution in [0.4, 0.5) is 10.2 Å². The molecule has 0 radical (unpaired) electrons. The lowest BCUT2D eigenvalue weighted by atomic mass is 9.87. The van der Waals surface area contributed by atoms with E-state index >= 15 is 4.39 Å². The molecule has 1 atom stereocenters. The molecule has 0 unspecified atom stereocenters. The van der Waals surface area contributed by atoms with Gasteiger partial charge in [-0.1, -0.05) is 12.6 Å². The second kappa shape index (κ2) is 11.8. The Morgan fingerprint density at radius 3 is 2.70 bits per heavy atom. The standard InChI is InChI=1S/C34H38FN7O2/c1-2-29(43)42-18-17-40(21-24(42)11-14-36)32-27-10-9-26(28-20-37-19-23-7-3-4-8-25(23)28)30(35)31(27)38-33(39-32)44-22-34-12-5-15-41(34)16-6-13-34/h2,9-10,19-20,24H,1,3-8,11-13,15-18,21-22H2/t24-/m0/s1. The Hall–Kier alpha value is -4.10. The third-order valence-corrected chi connectivity index (χ3v) is 10.2. The van der Waals surface area contributed by atoms with Crippen molar-refractivity contribution < 1.29 is 13.9 Å². The number of hydrogen-bond donors (Lipinski definition) is 0. The van der Waals surface area contributed by atoms with Crippen molar-refractivity contribution in [2.45, 2.75) is 69.4 Å². The first kappa shape index (κ1) is 28.7. The molecule has 4 aliphatic rings. The molecule has 1 amide bonds. The Balaban J connectivity index is 1.30. The minimum Gasteiger partial charge on any atom is -0.461 e. The lowest BCUT2D eigenvalue weighted by Crippen LogP contribution is -2.55. The summed E-state index contributed by atoms with van der Waals surface area (Å²) >= 11 is 0. The molecule has 44 heavy (non-hydrogen) atoms. The molecule has 9 nitrogen and oxygen atoms in total. The van der Waals surface area contributed by atoms with Gasteiger partial charge in [0.25, 0.3) is 0 Å². The number of nitriles is 1. The van der Waals surface area contributed by atoms with Gasteiger partial charge in [0, 0.05) is 48.5 Å². The van der Waals surface area contributed by atoms with Gasteiger partial charge < -0.3 is 14.5 Å². The number of amides is 1. The molecule has 3 saturated heterocycles. The van der Waals surface area contributed by atoms with Crippen LogP contribution in [-0.2, 0) is 17.6 Å². The highest BCUT2D eigenvalue weighted by Gasteiger charge is 2.45. The second-order valence-corrected chi connectivity index (χ2v) is 12.6. The van der Waals surface area contributed by atoms with Crippen LogP contribution in [0.5, 0.6) is 6.01 Å². The van der Waals surface area contributed by atoms with Crippen molar-refractivity contribution in [2.75, 3.05) is 44.2 Å². The molecule has 7 rings (SSSR count). The van der Waals surface area contributed by atoms with Crippen LogP contribution in [0.15, 0.2) is 37.2 Å². The van der Waals surface area contributed by atoms with E-state index in [1.54, 1.807) is 11.1 Å². The lowest BCUT2D eigenvalue weighted by molar-refractivity contribution is -0.128. The smallest absolute Gasteiger partial charge is 0.319 e. The van der Waals surface area contributed by atoms with Gasteiger partial charge in [-0.05, 0) is 87.7 Å². The van der Waals surface area contributed by atoms with E-state index in [0.717, 1.165) is 70.0 Å². The van der Waals surface area contributed by atoms with Crippen LogP contribution in [0.25, 0.3) is 22.0 Å². The van der Waals surface area contributed by atoms with E-state index in [1.165, 1.54) is 17.2 Å². The third-order valence-electron chi connectivity index (χ3n) is 10.2. The van der Waals surface area contributed by atoms with Gasteiger partial charge in [0.1, 0.15) is 17.9 Å². The lowest BCUT2D eigenvalue weighted by Gasteiger charge is -2.41. The maximum absolute atomic E-state index is 16.7.